The topological polar surface area (TPSA) is 40.7 Å². The molecule has 0 bridgehead atoms. The van der Waals surface area contributed by atoms with E-state index in [4.69, 9.17) is 11.6 Å². The summed E-state index contributed by atoms with van der Waals surface area (Å²) in [6.45, 7) is 1.78. The van der Waals surface area contributed by atoms with Crippen LogP contribution in [0.2, 0.25) is 5.02 Å². The molecule has 0 aliphatic heterocycles. The normalized spacial score (nSPS) is 14.8. The molecule has 3 rings (SSSR count). The molecule has 1 fully saturated rings. The molecule has 1 saturated carbocycles. The van der Waals surface area contributed by atoms with Gasteiger partial charge in [-0.25, -0.2) is 9.37 Å². The van der Waals surface area contributed by atoms with Gasteiger partial charge in [0.1, 0.15) is 11.6 Å². The summed E-state index contributed by atoms with van der Waals surface area (Å²) in [6.07, 6.45) is 4.42. The molecule has 0 saturated heterocycles. The van der Waals surface area contributed by atoms with E-state index in [9.17, 15) is 4.39 Å². The fraction of sp³-hybridized carbons (Fsp3) is 0.357. The summed E-state index contributed by atoms with van der Waals surface area (Å²) in [5, 5.41) is 3.49. The SMILES string of the molecule is Fc1ccc(-c2cnc(CNCC3CC3)[nH]2)cc1Cl. The molecular weight excluding hydrogens is 265 g/mol. The Morgan fingerprint density at radius 2 is 2.26 bits per heavy atom. The maximum atomic E-state index is 13.1. The first-order valence-corrected chi connectivity index (χ1v) is 6.80. The van der Waals surface area contributed by atoms with Gasteiger partial charge in [0, 0.05) is 5.56 Å². The van der Waals surface area contributed by atoms with Gasteiger partial charge in [0.25, 0.3) is 0 Å². The molecule has 3 nitrogen and oxygen atoms in total. The summed E-state index contributed by atoms with van der Waals surface area (Å²) < 4.78 is 13.1. The van der Waals surface area contributed by atoms with Crippen LogP contribution in [0.1, 0.15) is 18.7 Å². The number of H-pyrrole nitrogens is 1. The van der Waals surface area contributed by atoms with Gasteiger partial charge in [0.05, 0.1) is 23.5 Å². The first-order valence-electron chi connectivity index (χ1n) is 6.42. The van der Waals surface area contributed by atoms with Crippen LogP contribution in [0, 0.1) is 11.7 Å². The van der Waals surface area contributed by atoms with Crippen molar-refractivity contribution in [2.24, 2.45) is 5.92 Å². The van der Waals surface area contributed by atoms with Gasteiger partial charge in [-0.2, -0.15) is 0 Å². The summed E-state index contributed by atoms with van der Waals surface area (Å²) in [6, 6.07) is 4.66. The van der Waals surface area contributed by atoms with E-state index >= 15 is 0 Å². The molecule has 0 unspecified atom stereocenters. The lowest BCUT2D eigenvalue weighted by Gasteiger charge is -2.01. The lowest BCUT2D eigenvalue weighted by molar-refractivity contribution is 0.623. The molecule has 0 radical (unpaired) electrons. The van der Waals surface area contributed by atoms with Crippen LogP contribution < -0.4 is 5.32 Å². The van der Waals surface area contributed by atoms with Crippen LogP contribution in [-0.2, 0) is 6.54 Å². The zero-order valence-corrected chi connectivity index (χ0v) is 11.2. The van der Waals surface area contributed by atoms with E-state index in [0.29, 0.717) is 0 Å². The predicted molar refractivity (Wildman–Crippen MR) is 73.4 cm³/mol. The van der Waals surface area contributed by atoms with Crippen LogP contribution >= 0.6 is 11.6 Å². The van der Waals surface area contributed by atoms with E-state index in [1.807, 2.05) is 0 Å². The van der Waals surface area contributed by atoms with Gasteiger partial charge in [-0.3, -0.25) is 0 Å². The van der Waals surface area contributed by atoms with Gasteiger partial charge < -0.3 is 10.3 Å². The summed E-state index contributed by atoms with van der Waals surface area (Å²) in [4.78, 5) is 7.52. The number of aromatic amines is 1. The molecule has 0 amide bonds. The summed E-state index contributed by atoms with van der Waals surface area (Å²) >= 11 is 5.77. The molecule has 0 spiro atoms. The van der Waals surface area contributed by atoms with Crippen molar-refractivity contribution in [1.29, 1.82) is 0 Å². The Hall–Kier alpha value is -1.39. The average Bonchev–Trinajstić information content (AvgIpc) is 3.10. The van der Waals surface area contributed by atoms with Gasteiger partial charge in [0.2, 0.25) is 0 Å². The number of aromatic nitrogens is 2. The summed E-state index contributed by atoms with van der Waals surface area (Å²) in [7, 11) is 0. The number of nitrogens with one attached hydrogen (secondary N) is 2. The van der Waals surface area contributed by atoms with Crippen molar-refractivity contribution in [3.05, 3.63) is 41.1 Å². The van der Waals surface area contributed by atoms with Gasteiger partial charge in [-0.05, 0) is 43.5 Å². The highest BCUT2D eigenvalue weighted by Gasteiger charge is 2.20. The number of benzene rings is 1. The van der Waals surface area contributed by atoms with Gasteiger partial charge in [-0.1, -0.05) is 11.6 Å². The third kappa shape index (κ3) is 3.14. The first kappa shape index (κ1) is 12.6. The van der Waals surface area contributed by atoms with Crippen molar-refractivity contribution in [2.45, 2.75) is 19.4 Å². The lowest BCUT2D eigenvalue weighted by atomic mass is 10.2. The number of rotatable bonds is 5. The largest absolute Gasteiger partial charge is 0.341 e. The van der Waals surface area contributed by atoms with E-state index in [1.165, 1.54) is 18.9 Å². The number of hydrogen-bond acceptors (Lipinski definition) is 2. The second-order valence-corrected chi connectivity index (χ2v) is 5.35. The molecule has 2 N–H and O–H groups in total. The molecular formula is C14H15ClFN3. The molecule has 1 aromatic heterocycles. The van der Waals surface area contributed by atoms with Crippen molar-refractivity contribution in [3.8, 4) is 11.3 Å². The first-order chi connectivity index (χ1) is 9.22. The van der Waals surface area contributed by atoms with E-state index in [0.717, 1.165) is 36.1 Å². The summed E-state index contributed by atoms with van der Waals surface area (Å²) in [5.74, 6) is 1.33. The smallest absolute Gasteiger partial charge is 0.141 e. The Bertz CT molecular complexity index is 578. The maximum Gasteiger partial charge on any atom is 0.141 e. The highest BCUT2D eigenvalue weighted by Crippen LogP contribution is 2.27. The van der Waals surface area contributed by atoms with Gasteiger partial charge in [-0.15, -0.1) is 0 Å². The minimum Gasteiger partial charge on any atom is -0.341 e. The molecule has 0 atom stereocenters. The van der Waals surface area contributed by atoms with Crippen molar-refractivity contribution in [2.75, 3.05) is 6.54 Å². The van der Waals surface area contributed by atoms with E-state index in [-0.39, 0.29) is 5.02 Å². The fourth-order valence-electron chi connectivity index (χ4n) is 1.98. The number of halogens is 2. The molecule has 19 heavy (non-hydrogen) atoms. The zero-order valence-electron chi connectivity index (χ0n) is 10.4. The zero-order chi connectivity index (χ0) is 13.2. The van der Waals surface area contributed by atoms with Crippen molar-refractivity contribution in [1.82, 2.24) is 15.3 Å². The number of nitrogens with zero attached hydrogens (tertiary/aromatic N) is 1. The molecule has 1 heterocycles. The van der Waals surface area contributed by atoms with E-state index < -0.39 is 5.82 Å². The minimum atomic E-state index is -0.406. The second kappa shape index (κ2) is 5.31. The quantitative estimate of drug-likeness (QED) is 0.881. The Kier molecular flexibility index (Phi) is 3.53. The van der Waals surface area contributed by atoms with E-state index in [2.05, 4.69) is 15.3 Å². The molecule has 5 heteroatoms. The number of hydrogen-bond donors (Lipinski definition) is 2. The Balaban J connectivity index is 1.67. The third-order valence-corrected chi connectivity index (χ3v) is 3.57. The molecule has 100 valence electrons. The van der Waals surface area contributed by atoms with Gasteiger partial charge in [0.15, 0.2) is 0 Å². The maximum absolute atomic E-state index is 13.1. The second-order valence-electron chi connectivity index (χ2n) is 4.95. The predicted octanol–water partition coefficient (Wildman–Crippen LogP) is 3.37. The van der Waals surface area contributed by atoms with Crippen LogP contribution in [0.15, 0.2) is 24.4 Å². The van der Waals surface area contributed by atoms with Crippen LogP contribution in [0.4, 0.5) is 4.39 Å². The van der Waals surface area contributed by atoms with Crippen LogP contribution in [0.5, 0.6) is 0 Å². The third-order valence-electron chi connectivity index (χ3n) is 3.28. The Labute approximate surface area is 116 Å². The van der Waals surface area contributed by atoms with Crippen LogP contribution in [0.3, 0.4) is 0 Å². The monoisotopic (exact) mass is 279 g/mol. The molecule has 1 aliphatic carbocycles. The van der Waals surface area contributed by atoms with Crippen molar-refractivity contribution >= 4 is 11.6 Å². The molecule has 2 aromatic rings. The highest BCUT2D eigenvalue weighted by atomic mass is 35.5. The van der Waals surface area contributed by atoms with Crippen LogP contribution in [0.25, 0.3) is 11.3 Å². The van der Waals surface area contributed by atoms with Crippen LogP contribution in [-0.4, -0.2) is 16.5 Å². The molecule has 1 aromatic carbocycles. The highest BCUT2D eigenvalue weighted by molar-refractivity contribution is 6.31. The Morgan fingerprint density at radius 1 is 1.42 bits per heavy atom. The average molecular weight is 280 g/mol. The fourth-order valence-corrected chi connectivity index (χ4v) is 2.16. The molecule has 1 aliphatic rings. The van der Waals surface area contributed by atoms with E-state index in [1.54, 1.807) is 18.3 Å². The Morgan fingerprint density at radius 3 is 3.00 bits per heavy atom. The van der Waals surface area contributed by atoms with Crippen molar-refractivity contribution in [3.63, 3.8) is 0 Å². The summed E-state index contributed by atoms with van der Waals surface area (Å²) in [5.41, 5.74) is 1.69. The van der Waals surface area contributed by atoms with Gasteiger partial charge >= 0.3 is 0 Å². The number of imidazole rings is 1. The van der Waals surface area contributed by atoms with Crippen molar-refractivity contribution < 1.29 is 4.39 Å². The lowest BCUT2D eigenvalue weighted by Crippen LogP contribution is -2.16. The standard InChI is InChI=1S/C14H15ClFN3/c15-11-5-10(3-4-12(11)16)13-7-18-14(19-13)8-17-6-9-1-2-9/h3-5,7,9,17H,1-2,6,8H2,(H,18,19). The minimum absolute atomic E-state index is 0.125.